The number of aromatic hydroxyl groups is 1. The van der Waals surface area contributed by atoms with E-state index < -0.39 is 273 Å². The number of urea groups is 2. The number of imide groups is 1. The van der Waals surface area contributed by atoms with Gasteiger partial charge in [0.05, 0.1) is 57.8 Å². The van der Waals surface area contributed by atoms with Gasteiger partial charge in [-0.25, -0.2) is 14.4 Å². The molecule has 0 bridgehead atoms. The predicted octanol–water partition coefficient (Wildman–Crippen LogP) is -7.02. The quantitative estimate of drug-likeness (QED) is 0.00958. The number of benzene rings is 4. The molecule has 1 saturated heterocycles. The van der Waals surface area contributed by atoms with Gasteiger partial charge < -0.3 is 157 Å². The molecule has 0 saturated carbocycles. The molecule has 1 aliphatic carbocycles. The van der Waals surface area contributed by atoms with Gasteiger partial charge in [0.15, 0.2) is 6.04 Å². The van der Waals surface area contributed by atoms with Crippen LogP contribution in [0, 0.1) is 5.92 Å². The lowest BCUT2D eigenvalue weighted by molar-refractivity contribution is -0.145. The summed E-state index contributed by atoms with van der Waals surface area (Å²) in [5.41, 5.74) is 10.9. The fraction of sp³-hybridized carbons (Fsp3) is 0.510. The van der Waals surface area contributed by atoms with Crippen molar-refractivity contribution in [2.24, 2.45) is 11.7 Å². The number of likely N-dealkylation sites (tertiary alicyclic amines) is 1. The molecule has 820 valence electrons. The summed E-state index contributed by atoms with van der Waals surface area (Å²) in [6, 6.07) is -2.26. The number of aliphatic hydroxyl groups is 8. The number of H-pyrrole nitrogens is 2. The number of aromatic amines is 2. The summed E-state index contributed by atoms with van der Waals surface area (Å²) in [5.74, 6) is -20.4. The van der Waals surface area contributed by atoms with Crippen molar-refractivity contribution < 1.29 is 137 Å². The first-order chi connectivity index (χ1) is 71.8. The molecule has 4 aromatic carbocycles. The van der Waals surface area contributed by atoms with Gasteiger partial charge in [-0.3, -0.25) is 81.7 Å². The zero-order valence-electron chi connectivity index (χ0n) is 83.3. The van der Waals surface area contributed by atoms with Crippen LogP contribution in [-0.4, -0.2) is 377 Å². The first-order valence-corrected chi connectivity index (χ1v) is 50.4. The smallest absolute Gasteiger partial charge is 0.328 e. The van der Waals surface area contributed by atoms with Crippen LogP contribution in [-0.2, 0) is 102 Å². The van der Waals surface area contributed by atoms with Gasteiger partial charge in [0.1, 0.15) is 90.3 Å². The monoisotopic (exact) mass is 2130 g/mol. The highest BCUT2D eigenvalue weighted by atomic mass is 32.1. The Balaban J connectivity index is 0.879. The van der Waals surface area contributed by atoms with Crippen LogP contribution >= 0.6 is 25.3 Å². The molecule has 8 rings (SSSR count). The number of fused-ring (bicyclic) bond motifs is 3. The molecule has 6 aromatic rings. The molecule has 20 atom stereocenters. The third-order valence-corrected chi connectivity index (χ3v) is 26.0. The number of nitrogens with two attached hydrogens (primary N) is 1. The average Bonchev–Trinajstić information content (AvgIpc) is 1.55. The van der Waals surface area contributed by atoms with E-state index in [0.29, 0.717) is 54.4 Å². The number of para-hydroxylation sites is 1. The normalized spacial score (nSPS) is 17.0. The second kappa shape index (κ2) is 60.6. The number of piperidine rings is 1. The van der Waals surface area contributed by atoms with E-state index >= 15 is 9.59 Å². The number of nitrogens with zero attached hydrogens (tertiary/aromatic N) is 2. The summed E-state index contributed by atoms with van der Waals surface area (Å²) >= 11 is 8.43. The first kappa shape index (κ1) is 121. The van der Waals surface area contributed by atoms with Crippen LogP contribution in [0.5, 0.6) is 5.75 Å². The van der Waals surface area contributed by atoms with Gasteiger partial charge in [-0.1, -0.05) is 98.6 Å². The fourth-order valence-electron chi connectivity index (χ4n) is 17.2. The number of carboxylic acid groups (broad SMARTS) is 1. The summed E-state index contributed by atoms with van der Waals surface area (Å²) in [5, 5.41) is 145. The maximum Gasteiger partial charge on any atom is 0.328 e. The summed E-state index contributed by atoms with van der Waals surface area (Å²) in [7, 11) is 0. The van der Waals surface area contributed by atoms with Crippen molar-refractivity contribution in [3.8, 4) is 5.75 Å². The van der Waals surface area contributed by atoms with Crippen molar-refractivity contribution in [1.29, 1.82) is 0 Å². The Labute approximate surface area is 874 Å². The third kappa shape index (κ3) is 34.8. The van der Waals surface area contributed by atoms with Crippen LogP contribution < -0.4 is 96.1 Å². The Morgan fingerprint density at radius 2 is 0.887 bits per heavy atom. The van der Waals surface area contributed by atoms with E-state index in [1.807, 2.05) is 18.3 Å². The highest BCUT2D eigenvalue weighted by Gasteiger charge is 2.46. The van der Waals surface area contributed by atoms with Gasteiger partial charge in [0.2, 0.25) is 88.6 Å². The van der Waals surface area contributed by atoms with Crippen molar-refractivity contribution in [3.63, 3.8) is 0 Å². The molecule has 1 aliphatic heterocycles. The molecular formula is C98H138N22O28S2. The lowest BCUT2D eigenvalue weighted by Crippen LogP contribution is -2.63. The zero-order valence-corrected chi connectivity index (χ0v) is 85.1. The Morgan fingerprint density at radius 1 is 0.467 bits per heavy atom. The molecule has 2 aliphatic rings. The number of amides is 19. The minimum atomic E-state index is -2.05. The number of aromatic nitrogens is 2. The number of rotatable bonds is 61. The summed E-state index contributed by atoms with van der Waals surface area (Å²) in [6.07, 6.45) is 2.98. The first-order valence-electron chi connectivity index (χ1n) is 49.1. The van der Waals surface area contributed by atoms with E-state index in [-0.39, 0.29) is 94.4 Å². The van der Waals surface area contributed by atoms with Gasteiger partial charge in [0.25, 0.3) is 0 Å². The van der Waals surface area contributed by atoms with E-state index in [1.54, 1.807) is 80.7 Å². The van der Waals surface area contributed by atoms with Gasteiger partial charge in [-0.05, 0) is 124 Å². The summed E-state index contributed by atoms with van der Waals surface area (Å²) in [6.45, 7) is 3.25. The molecule has 0 radical (unpaired) electrons. The topological polar surface area (TPSA) is 778 Å². The number of aliphatic carboxylic acids is 1. The van der Waals surface area contributed by atoms with Gasteiger partial charge in [-0.2, -0.15) is 25.3 Å². The molecule has 19 amide bonds. The highest BCUT2D eigenvalue weighted by Crippen LogP contribution is 2.45. The molecule has 3 heterocycles. The molecule has 2 aromatic heterocycles. The largest absolute Gasteiger partial charge is 0.508 e. The average molecular weight is 2140 g/mol. The zero-order chi connectivity index (χ0) is 110. The molecule has 1 fully saturated rings. The van der Waals surface area contributed by atoms with Crippen LogP contribution in [0.25, 0.3) is 21.8 Å². The summed E-state index contributed by atoms with van der Waals surface area (Å²) in [4.78, 5) is 261. The number of carboxylic acids is 1. The van der Waals surface area contributed by atoms with E-state index in [2.05, 4.69) is 143 Å². The van der Waals surface area contributed by atoms with Crippen molar-refractivity contribution in [2.45, 2.75) is 220 Å². The van der Waals surface area contributed by atoms with Crippen LogP contribution in [0.2, 0.25) is 0 Å². The van der Waals surface area contributed by atoms with Crippen LogP contribution in [0.3, 0.4) is 0 Å². The maximum atomic E-state index is 15.1. The lowest BCUT2D eigenvalue weighted by atomic mass is 9.72. The van der Waals surface area contributed by atoms with Gasteiger partial charge >= 0.3 is 18.0 Å². The molecule has 0 spiro atoms. The Kier molecular flexibility index (Phi) is 49.0. The number of carbonyl (C=O) groups excluding carboxylic acids is 17. The van der Waals surface area contributed by atoms with E-state index in [1.165, 1.54) is 29.8 Å². The van der Waals surface area contributed by atoms with Crippen LogP contribution in [0.1, 0.15) is 113 Å². The maximum absolute atomic E-state index is 15.1. The van der Waals surface area contributed by atoms with E-state index in [9.17, 15) is 128 Å². The van der Waals surface area contributed by atoms with Crippen molar-refractivity contribution in [3.05, 3.63) is 150 Å². The Hall–Kier alpha value is -13.9. The standard InChI is InChI=1S/C98H138N22O28S2/c1-6-9-23-64(105-86(135)69(43-121)110-87(136)70(44-122)111-88(137)71(45-123)112-89(138)72(46-124)113-91(140)74(48-126)116-97(147)101-32-18-34-120(98(148)100-8-3)95(144)57-37-61-60-22-17-26-63-78(60)56(41-103-63)39-77(61)119(42-57)33-7-2)81(130)106-67(36-54-27-29-58(129)30-28-54)84(133)109-73(47-125)90(139)114-75(49-149)92(141)107-66(35-53-19-11-10-12-20-53)83(132)108-68(38-55-40-102-62-24-14-13-21-59(55)62)85(134)104-65(25-15-16-31-99)82(131)117-79(51(4)127)94(143)115-76(50-150)93(142)118-80(52(5)128)96(145)146/h7,10-14,17,19-22,24,26-30,40-41,51-52,57,61,64-77,79-80,102-103,121-129,149-150H,2,6,8-9,15-16,18,23,25,31-39,42-50,99H2,1,3-5H3,(H,100,148)(H,104,134)(H,105,135)(H,106,130)(H,107,141)(H,108,132)(H,109,133)(H,110,136)(H,111,137)(H,112,138)(H,113,140)(H,114,139)(H,115,143)(H,117,131)(H,118,142)(H,145,146)(H2,101,116,147)/t51-,52-,57-,61?,64+,65+,66+,67-,68-,69-,70-,71-,72-,73-,74-,75+,76+,77?,79+,80+/m1/s1. The van der Waals surface area contributed by atoms with E-state index in [4.69, 9.17) is 5.73 Å². The molecule has 150 heavy (non-hydrogen) atoms. The van der Waals surface area contributed by atoms with E-state index in [0.717, 1.165) is 41.6 Å². The number of phenols is 1. The van der Waals surface area contributed by atoms with Crippen LogP contribution in [0.15, 0.2) is 122 Å². The minimum Gasteiger partial charge on any atom is -0.508 e. The van der Waals surface area contributed by atoms with Crippen molar-refractivity contribution >= 4 is 154 Å². The van der Waals surface area contributed by atoms with Gasteiger partial charge in [-0.15, -0.1) is 6.58 Å². The highest BCUT2D eigenvalue weighted by molar-refractivity contribution is 7.80. The molecule has 52 heteroatoms. The number of aliphatic hydroxyl groups excluding tert-OH is 8. The van der Waals surface area contributed by atoms with Crippen molar-refractivity contribution in [2.75, 3.05) is 90.4 Å². The number of hydrogen-bond donors (Lipinski definition) is 32. The number of phenolic OH excluding ortho intramolecular Hbond substituents is 1. The van der Waals surface area contributed by atoms with Crippen LogP contribution in [0.4, 0.5) is 9.59 Å². The molecular weight excluding hydrogens is 2000 g/mol. The second-order valence-electron chi connectivity index (χ2n) is 36.3. The number of unbranched alkanes of at least 4 members (excludes halogenated alkanes) is 2. The number of carbonyl (C=O) groups is 18. The number of thiol groups is 2. The summed E-state index contributed by atoms with van der Waals surface area (Å²) < 4.78 is 0. The third-order valence-electron chi connectivity index (χ3n) is 25.3. The fourth-order valence-corrected chi connectivity index (χ4v) is 17.7. The Bertz CT molecular complexity index is 5630. The van der Waals surface area contributed by atoms with Crippen molar-refractivity contribution in [1.82, 2.24) is 110 Å². The SMILES string of the molecule is C=CCN1C[C@H](C(=O)N(CCCNC(=O)N[C@H](CO)C(=O)N[C@H](CO)C(=O)N[C@H](CO)C(=O)N[C@H](CO)C(=O)N[C@H](CO)C(=O)N[C@@H](CCCC)C(=O)N[C@H](Cc2ccc(O)cc2)C(=O)N[C@H](CO)C(=O)N[C@@H](CS)C(=O)N[C@@H](Cc2ccccc2)C(=O)N[C@H](Cc2c[nH]c3ccccc23)C(=O)N[C@@H](CCCCN)C(=O)N[C@H](C(=O)N[C@@H](CS)C(=O)N[C@H](C(=O)O)[C@@H](C)O)[C@@H](C)O)C(=O)NCC)CC2c3cccc4[nH]cc(c34)CC21. The molecule has 31 N–H and O–H groups in total. The number of hydrogen-bond acceptors (Lipinski definition) is 31. The predicted molar refractivity (Wildman–Crippen MR) is 549 cm³/mol. The Morgan fingerprint density at radius 3 is 1.37 bits per heavy atom. The second-order valence-corrected chi connectivity index (χ2v) is 37.0. The minimum absolute atomic E-state index is 0.0282. The van der Waals surface area contributed by atoms with Gasteiger partial charge in [0, 0.05) is 110 Å². The molecule has 2 unspecified atom stereocenters. The lowest BCUT2D eigenvalue weighted by Gasteiger charge is -2.47. The number of nitrogens with one attached hydrogen (secondary N) is 19. The molecule has 50 nitrogen and oxygen atoms in total.